The molecule has 0 aliphatic rings. The van der Waals surface area contributed by atoms with Crippen LogP contribution >= 0.6 is 0 Å². The second kappa shape index (κ2) is 10.9. The minimum atomic E-state index is -1.01. The highest BCUT2D eigenvalue weighted by Crippen LogP contribution is 2.25. The molecule has 0 radical (unpaired) electrons. The van der Waals surface area contributed by atoms with Gasteiger partial charge in [-0.25, -0.2) is 13.8 Å². The fraction of sp³-hybridized carbons (Fsp3) is 0.185. The second-order valence-corrected chi connectivity index (χ2v) is 8.12. The van der Waals surface area contributed by atoms with Gasteiger partial charge in [0, 0.05) is 36.1 Å². The van der Waals surface area contributed by atoms with E-state index in [0.717, 1.165) is 39.8 Å². The Morgan fingerprint density at radius 3 is 2.72 bits per heavy atom. The quantitative estimate of drug-likeness (QED) is 0.236. The summed E-state index contributed by atoms with van der Waals surface area (Å²) >= 11 is 0. The van der Waals surface area contributed by atoms with Gasteiger partial charge in [0.25, 0.3) is 5.56 Å². The van der Waals surface area contributed by atoms with Gasteiger partial charge < -0.3 is 5.32 Å². The zero-order valence-corrected chi connectivity index (χ0v) is 19.7. The Balaban J connectivity index is 1.39. The lowest BCUT2D eigenvalue weighted by atomic mass is 10.1. The zero-order valence-electron chi connectivity index (χ0n) is 19.7. The predicted molar refractivity (Wildman–Crippen MR) is 134 cm³/mol. The number of anilines is 1. The fourth-order valence-electron chi connectivity index (χ4n) is 3.77. The number of nitrogens with zero attached hydrogens (tertiary/aromatic N) is 3. The van der Waals surface area contributed by atoms with E-state index in [1.54, 1.807) is 0 Å². The normalized spacial score (nSPS) is 10.7. The monoisotopic (exact) mass is 487 g/mol. The van der Waals surface area contributed by atoms with Crippen LogP contribution in [0.3, 0.4) is 0 Å². The third kappa shape index (κ3) is 5.45. The van der Waals surface area contributed by atoms with Crippen LogP contribution in [0.15, 0.2) is 59.9 Å². The molecule has 7 nitrogen and oxygen atoms in total. The van der Waals surface area contributed by atoms with Crippen molar-refractivity contribution in [2.75, 3.05) is 25.5 Å². The van der Waals surface area contributed by atoms with Crippen LogP contribution in [0.2, 0.25) is 0 Å². The Morgan fingerprint density at radius 2 is 1.94 bits per heavy atom. The Kier molecular flexibility index (Phi) is 7.47. The molecule has 0 saturated carbocycles. The minimum absolute atomic E-state index is 0.0425. The van der Waals surface area contributed by atoms with Crippen molar-refractivity contribution in [2.45, 2.75) is 13.5 Å². The van der Waals surface area contributed by atoms with Gasteiger partial charge in [0.1, 0.15) is 5.56 Å². The van der Waals surface area contributed by atoms with Gasteiger partial charge >= 0.3 is 0 Å². The van der Waals surface area contributed by atoms with Crippen LogP contribution < -0.4 is 16.2 Å². The molecular formula is C27H23F2N5O2. The number of aromatic nitrogens is 3. The topological polar surface area (TPSA) is 88.9 Å². The number of hydrogen-bond acceptors (Lipinski definition) is 6. The van der Waals surface area contributed by atoms with Gasteiger partial charge in [-0.1, -0.05) is 17.9 Å². The average Bonchev–Trinajstić information content (AvgIpc) is 2.87. The van der Waals surface area contributed by atoms with Crippen molar-refractivity contribution in [3.05, 3.63) is 99.4 Å². The van der Waals surface area contributed by atoms with Crippen molar-refractivity contribution >= 4 is 22.4 Å². The zero-order chi connectivity index (χ0) is 25.7. The first kappa shape index (κ1) is 24.7. The molecule has 0 saturated heterocycles. The number of carbonyl (C=O) groups is 1. The van der Waals surface area contributed by atoms with Crippen molar-refractivity contribution in [3.8, 4) is 11.8 Å². The number of fused-ring (bicyclic) bond motifs is 1. The highest BCUT2D eigenvalue weighted by atomic mass is 19.2. The number of carbonyl (C=O) groups excluding carboxylic acids is 1. The van der Waals surface area contributed by atoms with Crippen molar-refractivity contribution < 1.29 is 13.6 Å². The lowest BCUT2D eigenvalue weighted by molar-refractivity contribution is 0.0990. The van der Waals surface area contributed by atoms with E-state index in [1.807, 2.05) is 38.4 Å². The Bertz CT molecular complexity index is 1570. The van der Waals surface area contributed by atoms with Crippen molar-refractivity contribution in [2.24, 2.45) is 0 Å². The van der Waals surface area contributed by atoms with Crippen molar-refractivity contribution in [3.63, 3.8) is 0 Å². The van der Waals surface area contributed by atoms with E-state index < -0.39 is 23.0 Å². The van der Waals surface area contributed by atoms with Crippen LogP contribution in [0.4, 0.5) is 14.5 Å². The summed E-state index contributed by atoms with van der Waals surface area (Å²) < 4.78 is 27.8. The van der Waals surface area contributed by atoms with Gasteiger partial charge in [-0.3, -0.25) is 24.5 Å². The van der Waals surface area contributed by atoms with Gasteiger partial charge in [0.05, 0.1) is 31.5 Å². The van der Waals surface area contributed by atoms with Gasteiger partial charge in [-0.15, -0.1) is 0 Å². The van der Waals surface area contributed by atoms with Crippen LogP contribution in [0.25, 0.3) is 10.9 Å². The van der Waals surface area contributed by atoms with E-state index in [2.05, 4.69) is 32.4 Å². The Labute approximate surface area is 206 Å². The van der Waals surface area contributed by atoms with E-state index in [1.165, 1.54) is 23.2 Å². The fourth-order valence-corrected chi connectivity index (χ4v) is 3.77. The van der Waals surface area contributed by atoms with Gasteiger partial charge in [-0.05, 0) is 48.4 Å². The summed E-state index contributed by atoms with van der Waals surface area (Å²) in [5.41, 5.74) is 3.43. The molecule has 0 unspecified atom stereocenters. The van der Waals surface area contributed by atoms with Crippen LogP contribution in [0.1, 0.15) is 27.0 Å². The van der Waals surface area contributed by atoms with E-state index in [0.29, 0.717) is 5.56 Å². The van der Waals surface area contributed by atoms with Crippen LogP contribution in [-0.4, -0.2) is 40.5 Å². The molecule has 2 aromatic carbocycles. The van der Waals surface area contributed by atoms with Crippen molar-refractivity contribution in [1.29, 1.82) is 0 Å². The lowest BCUT2D eigenvalue weighted by Gasteiger charge is -2.09. The molecule has 4 rings (SSSR count). The first-order valence-electron chi connectivity index (χ1n) is 11.2. The lowest BCUT2D eigenvalue weighted by Crippen LogP contribution is -2.32. The summed E-state index contributed by atoms with van der Waals surface area (Å²) in [6.45, 7) is 2.07. The van der Waals surface area contributed by atoms with Gasteiger partial charge in [0.15, 0.2) is 17.4 Å². The van der Waals surface area contributed by atoms with Crippen molar-refractivity contribution in [1.82, 2.24) is 19.9 Å². The number of nitrogens with one attached hydrogen (secondary N) is 2. The third-order valence-corrected chi connectivity index (χ3v) is 5.58. The summed E-state index contributed by atoms with van der Waals surface area (Å²) in [5, 5.41) is 7.09. The molecule has 4 aromatic rings. The number of pyridine rings is 1. The maximum atomic E-state index is 13.5. The second-order valence-electron chi connectivity index (χ2n) is 8.12. The van der Waals surface area contributed by atoms with E-state index in [-0.39, 0.29) is 25.2 Å². The maximum absolute atomic E-state index is 13.5. The first-order chi connectivity index (χ1) is 17.4. The highest BCUT2D eigenvalue weighted by molar-refractivity contribution is 5.97. The molecule has 0 atom stereocenters. The molecule has 2 N–H and O–H groups in total. The Hall–Kier alpha value is -4.42. The molecule has 9 heteroatoms. The molecule has 0 aliphatic carbocycles. The number of ketones is 1. The van der Waals surface area contributed by atoms with Crippen LogP contribution in [-0.2, 0) is 6.54 Å². The summed E-state index contributed by atoms with van der Waals surface area (Å²) in [7, 11) is 1.86. The number of hydrogen-bond donors (Lipinski definition) is 2. The van der Waals surface area contributed by atoms with Gasteiger partial charge in [0.2, 0.25) is 0 Å². The standard InChI is InChI=1S/C27H23F2N5O2/c1-17-12-33-24-8-6-18(10-20(24)26(17)30-2)4-3-9-31-14-25(35)21-13-32-16-34(27(21)36)15-19-5-7-22(28)23(29)11-19/h5-8,10-13,16,31H,9,14-15H2,1-2H3,(H,30,33). The molecule has 0 amide bonds. The van der Waals surface area contributed by atoms with Crippen LogP contribution in [0.5, 0.6) is 0 Å². The highest BCUT2D eigenvalue weighted by Gasteiger charge is 2.13. The number of rotatable bonds is 7. The molecule has 36 heavy (non-hydrogen) atoms. The molecule has 0 spiro atoms. The van der Waals surface area contributed by atoms with Gasteiger partial charge in [-0.2, -0.15) is 0 Å². The molecular weight excluding hydrogens is 464 g/mol. The van der Waals surface area contributed by atoms with E-state index in [4.69, 9.17) is 0 Å². The summed E-state index contributed by atoms with van der Waals surface area (Å²) in [4.78, 5) is 33.6. The number of halogens is 2. The third-order valence-electron chi connectivity index (χ3n) is 5.58. The maximum Gasteiger partial charge on any atom is 0.264 e. The summed E-state index contributed by atoms with van der Waals surface area (Å²) in [6, 6.07) is 9.11. The SMILES string of the molecule is CNc1c(C)cnc2ccc(C#CCNCC(=O)c3cncn(Cc4ccc(F)c(F)c4)c3=O)cc12. The number of aryl methyl sites for hydroxylation is 1. The van der Waals surface area contributed by atoms with E-state index in [9.17, 15) is 18.4 Å². The smallest absolute Gasteiger partial charge is 0.264 e. The largest absolute Gasteiger partial charge is 0.387 e. The minimum Gasteiger partial charge on any atom is -0.387 e. The first-order valence-corrected chi connectivity index (χ1v) is 11.2. The molecule has 182 valence electrons. The average molecular weight is 488 g/mol. The summed E-state index contributed by atoms with van der Waals surface area (Å²) in [5.74, 6) is 3.61. The predicted octanol–water partition coefficient (Wildman–Crippen LogP) is 3.29. The molecule has 0 fully saturated rings. The molecule has 0 bridgehead atoms. The van der Waals surface area contributed by atoms with Crippen LogP contribution in [0, 0.1) is 30.4 Å². The molecule has 0 aliphatic heterocycles. The Morgan fingerprint density at radius 1 is 1.11 bits per heavy atom. The molecule has 2 aromatic heterocycles. The van der Waals surface area contributed by atoms with E-state index >= 15 is 0 Å². The number of benzene rings is 2. The molecule has 2 heterocycles. The summed E-state index contributed by atoms with van der Waals surface area (Å²) in [6.07, 6.45) is 4.27. The number of Topliss-reactive ketones (excluding diaryl/α,β-unsaturated/α-hetero) is 1.